The van der Waals surface area contributed by atoms with Crippen molar-refractivity contribution in [2.45, 2.75) is 37.5 Å². The lowest BCUT2D eigenvalue weighted by atomic mass is 10.1. The van der Waals surface area contributed by atoms with Gasteiger partial charge >= 0.3 is 0 Å². The van der Waals surface area contributed by atoms with E-state index in [1.165, 1.54) is 25.5 Å². The van der Waals surface area contributed by atoms with Gasteiger partial charge in [0, 0.05) is 30.8 Å². The van der Waals surface area contributed by atoms with Gasteiger partial charge in [0.05, 0.1) is 15.5 Å². The first kappa shape index (κ1) is 20.5. The molecule has 3 rings (SSSR count). The SMILES string of the molecule is CCCCCCNc1nc(-c2ccncc2)c(-c2ccc(S(C)(=O)=O)cc2)s1. The van der Waals surface area contributed by atoms with E-state index in [4.69, 9.17) is 4.98 Å². The summed E-state index contributed by atoms with van der Waals surface area (Å²) in [6.45, 7) is 3.10. The molecule has 0 fully saturated rings. The molecule has 28 heavy (non-hydrogen) atoms. The summed E-state index contributed by atoms with van der Waals surface area (Å²) in [6.07, 6.45) is 9.53. The van der Waals surface area contributed by atoms with Gasteiger partial charge in [0.25, 0.3) is 0 Å². The van der Waals surface area contributed by atoms with Crippen molar-refractivity contribution < 1.29 is 8.42 Å². The third-order valence-electron chi connectivity index (χ3n) is 4.43. The van der Waals surface area contributed by atoms with E-state index in [1.807, 2.05) is 24.3 Å². The van der Waals surface area contributed by atoms with Crippen LogP contribution in [0.5, 0.6) is 0 Å². The zero-order valence-electron chi connectivity index (χ0n) is 16.2. The number of nitrogens with one attached hydrogen (secondary N) is 1. The van der Waals surface area contributed by atoms with Crippen LogP contribution in [-0.2, 0) is 9.84 Å². The van der Waals surface area contributed by atoms with Gasteiger partial charge in [-0.05, 0) is 36.2 Å². The molecule has 5 nitrogen and oxygen atoms in total. The van der Waals surface area contributed by atoms with Crippen LogP contribution in [0, 0.1) is 0 Å². The number of unbranched alkanes of at least 4 members (excludes halogenated alkanes) is 3. The number of hydrogen-bond acceptors (Lipinski definition) is 6. The Balaban J connectivity index is 1.90. The third kappa shape index (κ3) is 5.17. The monoisotopic (exact) mass is 415 g/mol. The van der Waals surface area contributed by atoms with E-state index in [2.05, 4.69) is 17.2 Å². The predicted octanol–water partition coefficient (Wildman–Crippen LogP) is 5.27. The average molecular weight is 416 g/mol. The molecular weight excluding hydrogens is 390 g/mol. The predicted molar refractivity (Wildman–Crippen MR) is 117 cm³/mol. The second-order valence-electron chi connectivity index (χ2n) is 6.72. The summed E-state index contributed by atoms with van der Waals surface area (Å²) in [5.74, 6) is 0. The second-order valence-corrected chi connectivity index (χ2v) is 9.73. The number of pyridine rings is 1. The number of benzene rings is 1. The number of rotatable bonds is 9. The van der Waals surface area contributed by atoms with Crippen molar-refractivity contribution in [2.75, 3.05) is 18.1 Å². The minimum atomic E-state index is -3.21. The maximum Gasteiger partial charge on any atom is 0.183 e. The number of aromatic nitrogens is 2. The highest BCUT2D eigenvalue weighted by atomic mass is 32.2. The summed E-state index contributed by atoms with van der Waals surface area (Å²) >= 11 is 1.59. The quantitative estimate of drug-likeness (QED) is 0.482. The van der Waals surface area contributed by atoms with Crippen molar-refractivity contribution >= 4 is 26.3 Å². The summed E-state index contributed by atoms with van der Waals surface area (Å²) in [6, 6.07) is 10.9. The van der Waals surface area contributed by atoms with E-state index in [0.29, 0.717) is 4.90 Å². The van der Waals surface area contributed by atoms with Crippen molar-refractivity contribution in [3.05, 3.63) is 48.8 Å². The Morgan fingerprint density at radius 3 is 2.32 bits per heavy atom. The maximum absolute atomic E-state index is 11.7. The molecule has 2 heterocycles. The molecule has 7 heteroatoms. The molecule has 0 radical (unpaired) electrons. The van der Waals surface area contributed by atoms with Crippen LogP contribution >= 0.6 is 11.3 Å². The molecule has 0 saturated carbocycles. The lowest BCUT2D eigenvalue weighted by molar-refractivity contribution is 0.602. The van der Waals surface area contributed by atoms with Gasteiger partial charge in [0.1, 0.15) is 0 Å². The normalized spacial score (nSPS) is 11.5. The Labute approximate surface area is 170 Å². The summed E-state index contributed by atoms with van der Waals surface area (Å²) in [5.41, 5.74) is 2.83. The number of hydrogen-bond donors (Lipinski definition) is 1. The van der Waals surface area contributed by atoms with E-state index in [0.717, 1.165) is 39.8 Å². The van der Waals surface area contributed by atoms with Crippen LogP contribution in [0.4, 0.5) is 5.13 Å². The first-order valence-electron chi connectivity index (χ1n) is 9.44. The van der Waals surface area contributed by atoms with Crippen LogP contribution in [0.1, 0.15) is 32.6 Å². The molecule has 0 saturated heterocycles. The van der Waals surface area contributed by atoms with Crippen LogP contribution in [0.15, 0.2) is 53.7 Å². The minimum Gasteiger partial charge on any atom is -0.361 e. The molecule has 148 valence electrons. The van der Waals surface area contributed by atoms with Gasteiger partial charge in [-0.3, -0.25) is 4.98 Å². The Hall–Kier alpha value is -2.25. The van der Waals surface area contributed by atoms with Crippen molar-refractivity contribution in [2.24, 2.45) is 0 Å². The molecule has 2 aromatic heterocycles. The summed E-state index contributed by atoms with van der Waals surface area (Å²) in [5, 5.41) is 4.32. The number of nitrogens with zero attached hydrogens (tertiary/aromatic N) is 2. The highest BCUT2D eigenvalue weighted by Gasteiger charge is 2.16. The van der Waals surface area contributed by atoms with E-state index < -0.39 is 9.84 Å². The smallest absolute Gasteiger partial charge is 0.183 e. The molecule has 0 aliphatic heterocycles. The van der Waals surface area contributed by atoms with Gasteiger partial charge in [-0.2, -0.15) is 0 Å². The molecule has 0 amide bonds. The first-order valence-corrected chi connectivity index (χ1v) is 12.2. The topological polar surface area (TPSA) is 72.0 Å². The molecule has 0 atom stereocenters. The average Bonchev–Trinajstić information content (AvgIpc) is 3.12. The van der Waals surface area contributed by atoms with E-state index >= 15 is 0 Å². The molecule has 0 unspecified atom stereocenters. The third-order valence-corrected chi connectivity index (χ3v) is 6.62. The van der Waals surface area contributed by atoms with Gasteiger partial charge in [-0.15, -0.1) is 0 Å². The van der Waals surface area contributed by atoms with Crippen molar-refractivity contribution in [3.8, 4) is 21.7 Å². The van der Waals surface area contributed by atoms with Crippen LogP contribution in [0.2, 0.25) is 0 Å². The van der Waals surface area contributed by atoms with Crippen LogP contribution in [-0.4, -0.2) is 31.2 Å². The van der Waals surface area contributed by atoms with Crippen molar-refractivity contribution in [1.82, 2.24) is 9.97 Å². The van der Waals surface area contributed by atoms with Gasteiger partial charge in [0.2, 0.25) is 0 Å². The van der Waals surface area contributed by atoms with Gasteiger partial charge in [-0.25, -0.2) is 13.4 Å². The second kappa shape index (κ2) is 9.30. The zero-order chi connectivity index (χ0) is 20.0. The summed E-state index contributed by atoms with van der Waals surface area (Å²) in [4.78, 5) is 10.2. The summed E-state index contributed by atoms with van der Waals surface area (Å²) < 4.78 is 23.5. The number of anilines is 1. The standard InChI is InChI=1S/C21H25N3O2S2/c1-3-4-5-6-13-23-21-24-19(16-11-14-22-15-12-16)20(27-21)17-7-9-18(10-8-17)28(2,25)26/h7-12,14-15H,3-6,13H2,1-2H3,(H,23,24). The highest BCUT2D eigenvalue weighted by molar-refractivity contribution is 7.90. The van der Waals surface area contributed by atoms with Gasteiger partial charge in [-0.1, -0.05) is 49.7 Å². The van der Waals surface area contributed by atoms with Crippen LogP contribution < -0.4 is 5.32 Å². The van der Waals surface area contributed by atoms with E-state index in [-0.39, 0.29) is 0 Å². The van der Waals surface area contributed by atoms with E-state index in [9.17, 15) is 8.42 Å². The lowest BCUT2D eigenvalue weighted by Crippen LogP contribution is -2.00. The molecular formula is C21H25N3O2S2. The fraction of sp³-hybridized carbons (Fsp3) is 0.333. The Kier molecular flexibility index (Phi) is 6.80. The van der Waals surface area contributed by atoms with Crippen molar-refractivity contribution in [1.29, 1.82) is 0 Å². The molecule has 0 bridgehead atoms. The van der Waals surface area contributed by atoms with E-state index in [1.54, 1.807) is 35.9 Å². The van der Waals surface area contributed by atoms with Gasteiger partial charge < -0.3 is 5.32 Å². The van der Waals surface area contributed by atoms with Crippen LogP contribution in [0.3, 0.4) is 0 Å². The largest absolute Gasteiger partial charge is 0.361 e. The molecule has 3 aromatic rings. The molecule has 1 aromatic carbocycles. The summed E-state index contributed by atoms with van der Waals surface area (Å²) in [7, 11) is -3.21. The maximum atomic E-state index is 11.7. The Morgan fingerprint density at radius 1 is 0.964 bits per heavy atom. The zero-order valence-corrected chi connectivity index (χ0v) is 17.8. The Morgan fingerprint density at radius 2 is 1.68 bits per heavy atom. The minimum absolute atomic E-state index is 0.320. The first-order chi connectivity index (χ1) is 13.5. The molecule has 1 N–H and O–H groups in total. The number of thiazole rings is 1. The molecule has 0 aliphatic rings. The highest BCUT2D eigenvalue weighted by Crippen LogP contribution is 2.39. The fourth-order valence-electron chi connectivity index (χ4n) is 2.90. The Bertz CT molecular complexity index is 998. The number of sulfone groups is 1. The molecule has 0 spiro atoms. The fourth-order valence-corrected chi connectivity index (χ4v) is 4.55. The van der Waals surface area contributed by atoms with Crippen molar-refractivity contribution in [3.63, 3.8) is 0 Å². The lowest BCUT2D eigenvalue weighted by Gasteiger charge is -2.04. The molecule has 0 aliphatic carbocycles. The van der Waals surface area contributed by atoms with Gasteiger partial charge in [0.15, 0.2) is 15.0 Å². The van der Waals surface area contributed by atoms with Crippen LogP contribution in [0.25, 0.3) is 21.7 Å².